The minimum Gasteiger partial charge on any atom is -0.488 e. The van der Waals surface area contributed by atoms with E-state index in [1.54, 1.807) is 0 Å². The Morgan fingerprint density at radius 1 is 1.00 bits per heavy atom. The van der Waals surface area contributed by atoms with Gasteiger partial charge >= 0.3 is 0 Å². The fourth-order valence-corrected chi connectivity index (χ4v) is 2.25. The average molecular weight is 238 g/mol. The van der Waals surface area contributed by atoms with Gasteiger partial charge in [0.05, 0.1) is 5.56 Å². The van der Waals surface area contributed by atoms with E-state index >= 15 is 0 Å². The molecule has 0 fully saturated rings. The third-order valence-electron chi connectivity index (χ3n) is 3.49. The molecule has 2 aromatic rings. The highest BCUT2D eigenvalue weighted by molar-refractivity contribution is 6.12. The minimum absolute atomic E-state index is 0.0567. The van der Waals surface area contributed by atoms with Crippen LogP contribution < -0.4 is 4.74 Å². The van der Waals surface area contributed by atoms with E-state index < -0.39 is 0 Å². The van der Waals surface area contributed by atoms with Gasteiger partial charge in [-0.05, 0) is 37.1 Å². The first-order valence-electron chi connectivity index (χ1n) is 6.03. The zero-order chi connectivity index (χ0) is 12.7. The van der Waals surface area contributed by atoms with E-state index in [4.69, 9.17) is 4.74 Å². The Morgan fingerprint density at radius 3 is 2.56 bits per heavy atom. The van der Waals surface area contributed by atoms with Crippen LogP contribution in [0.25, 0.3) is 0 Å². The summed E-state index contributed by atoms with van der Waals surface area (Å²) in [5.41, 5.74) is 4.63. The van der Waals surface area contributed by atoms with Crippen molar-refractivity contribution in [3.8, 4) is 5.75 Å². The summed E-state index contributed by atoms with van der Waals surface area (Å²) in [5.74, 6) is 0.750. The first-order valence-corrected chi connectivity index (χ1v) is 6.03. The zero-order valence-electron chi connectivity index (χ0n) is 10.5. The summed E-state index contributed by atoms with van der Waals surface area (Å²) in [6.07, 6.45) is 0. The SMILES string of the molecule is Cc1cc2c(cc1C)C(=O)c1ccccc1CO2. The number of benzene rings is 2. The summed E-state index contributed by atoms with van der Waals surface area (Å²) in [6, 6.07) is 11.5. The second-order valence-corrected chi connectivity index (χ2v) is 4.71. The molecule has 18 heavy (non-hydrogen) atoms. The maximum Gasteiger partial charge on any atom is 0.197 e. The van der Waals surface area contributed by atoms with Crippen molar-refractivity contribution < 1.29 is 9.53 Å². The van der Waals surface area contributed by atoms with Crippen molar-refractivity contribution in [1.82, 2.24) is 0 Å². The molecular weight excluding hydrogens is 224 g/mol. The number of aryl methyl sites for hydroxylation is 2. The highest BCUT2D eigenvalue weighted by Crippen LogP contribution is 2.30. The number of ether oxygens (including phenoxy) is 1. The van der Waals surface area contributed by atoms with Crippen LogP contribution in [0.5, 0.6) is 5.75 Å². The van der Waals surface area contributed by atoms with Gasteiger partial charge in [-0.15, -0.1) is 0 Å². The Kier molecular flexibility index (Phi) is 2.44. The minimum atomic E-state index is 0.0567. The van der Waals surface area contributed by atoms with E-state index in [0.29, 0.717) is 17.9 Å². The van der Waals surface area contributed by atoms with Gasteiger partial charge in [-0.25, -0.2) is 0 Å². The Balaban J connectivity index is 2.22. The summed E-state index contributed by atoms with van der Waals surface area (Å²) in [6.45, 7) is 4.50. The molecule has 2 nitrogen and oxygen atoms in total. The molecule has 2 aromatic carbocycles. The summed E-state index contributed by atoms with van der Waals surface area (Å²) < 4.78 is 5.76. The average Bonchev–Trinajstić information content (AvgIpc) is 2.51. The highest BCUT2D eigenvalue weighted by Gasteiger charge is 2.22. The summed E-state index contributed by atoms with van der Waals surface area (Å²) >= 11 is 0. The monoisotopic (exact) mass is 238 g/mol. The molecule has 0 aliphatic carbocycles. The molecule has 0 amide bonds. The van der Waals surface area contributed by atoms with Crippen LogP contribution in [0.15, 0.2) is 36.4 Å². The van der Waals surface area contributed by atoms with Gasteiger partial charge in [-0.3, -0.25) is 4.79 Å². The van der Waals surface area contributed by atoms with Gasteiger partial charge < -0.3 is 4.74 Å². The molecule has 2 heteroatoms. The number of hydrogen-bond donors (Lipinski definition) is 0. The third kappa shape index (κ3) is 1.61. The van der Waals surface area contributed by atoms with Crippen LogP contribution in [-0.4, -0.2) is 5.78 Å². The molecule has 0 spiro atoms. The van der Waals surface area contributed by atoms with Crippen molar-refractivity contribution in [2.75, 3.05) is 0 Å². The largest absolute Gasteiger partial charge is 0.488 e. The van der Waals surface area contributed by atoms with Crippen LogP contribution >= 0.6 is 0 Å². The molecule has 0 saturated carbocycles. The number of carbonyl (C=O) groups excluding carboxylic acids is 1. The summed E-state index contributed by atoms with van der Waals surface area (Å²) in [7, 11) is 0. The molecule has 0 atom stereocenters. The van der Waals surface area contributed by atoms with Crippen LogP contribution in [0.1, 0.15) is 32.6 Å². The van der Waals surface area contributed by atoms with E-state index in [-0.39, 0.29) is 5.78 Å². The Hall–Kier alpha value is -2.09. The first-order chi connectivity index (χ1) is 8.66. The Labute approximate surface area is 106 Å². The van der Waals surface area contributed by atoms with Gasteiger partial charge in [0.2, 0.25) is 0 Å². The lowest BCUT2D eigenvalue weighted by Crippen LogP contribution is -2.03. The second-order valence-electron chi connectivity index (χ2n) is 4.71. The van der Waals surface area contributed by atoms with E-state index in [1.165, 1.54) is 0 Å². The molecule has 0 radical (unpaired) electrons. The van der Waals surface area contributed by atoms with E-state index in [2.05, 4.69) is 0 Å². The Bertz CT molecular complexity index is 642. The van der Waals surface area contributed by atoms with Crippen molar-refractivity contribution in [1.29, 1.82) is 0 Å². The molecular formula is C16H14O2. The van der Waals surface area contributed by atoms with Crippen LogP contribution in [0, 0.1) is 13.8 Å². The van der Waals surface area contributed by atoms with Gasteiger partial charge in [0, 0.05) is 11.1 Å². The van der Waals surface area contributed by atoms with Crippen LogP contribution in [0.2, 0.25) is 0 Å². The quantitative estimate of drug-likeness (QED) is 0.703. The van der Waals surface area contributed by atoms with Crippen molar-refractivity contribution >= 4 is 5.78 Å². The maximum atomic E-state index is 12.5. The van der Waals surface area contributed by atoms with Crippen molar-refractivity contribution in [2.24, 2.45) is 0 Å². The molecule has 0 saturated heterocycles. The second kappa shape index (κ2) is 3.98. The fourth-order valence-electron chi connectivity index (χ4n) is 2.25. The third-order valence-corrected chi connectivity index (χ3v) is 3.49. The standard InChI is InChI=1S/C16H14O2/c1-10-7-14-15(8-11(10)2)18-9-12-5-3-4-6-13(12)16(14)17/h3-8H,9H2,1-2H3. The predicted octanol–water partition coefficient (Wildman–Crippen LogP) is 3.43. The molecule has 1 aliphatic rings. The fraction of sp³-hybridized carbons (Fsp3) is 0.188. The van der Waals surface area contributed by atoms with Gasteiger partial charge in [0.1, 0.15) is 12.4 Å². The molecule has 1 aliphatic heterocycles. The van der Waals surface area contributed by atoms with Crippen molar-refractivity contribution in [3.63, 3.8) is 0 Å². The van der Waals surface area contributed by atoms with Crippen molar-refractivity contribution in [2.45, 2.75) is 20.5 Å². The number of ketones is 1. The number of rotatable bonds is 0. The molecule has 90 valence electrons. The zero-order valence-corrected chi connectivity index (χ0v) is 10.5. The lowest BCUT2D eigenvalue weighted by molar-refractivity contribution is 0.103. The van der Waals surface area contributed by atoms with Gasteiger partial charge in [-0.2, -0.15) is 0 Å². The normalized spacial score (nSPS) is 13.3. The van der Waals surface area contributed by atoms with Gasteiger partial charge in [-0.1, -0.05) is 24.3 Å². The molecule has 0 bridgehead atoms. The van der Waals surface area contributed by atoms with E-state index in [1.807, 2.05) is 50.2 Å². The van der Waals surface area contributed by atoms with E-state index in [9.17, 15) is 4.79 Å². The smallest absolute Gasteiger partial charge is 0.197 e. The van der Waals surface area contributed by atoms with Crippen LogP contribution in [0.4, 0.5) is 0 Å². The van der Waals surface area contributed by atoms with Crippen LogP contribution in [-0.2, 0) is 6.61 Å². The molecule has 3 rings (SSSR count). The number of carbonyl (C=O) groups is 1. The lowest BCUT2D eigenvalue weighted by atomic mass is 9.96. The van der Waals surface area contributed by atoms with Crippen LogP contribution in [0.3, 0.4) is 0 Å². The Morgan fingerprint density at radius 2 is 1.72 bits per heavy atom. The van der Waals surface area contributed by atoms with Gasteiger partial charge in [0.25, 0.3) is 0 Å². The van der Waals surface area contributed by atoms with Gasteiger partial charge in [0.15, 0.2) is 5.78 Å². The maximum absolute atomic E-state index is 12.5. The predicted molar refractivity (Wildman–Crippen MR) is 70.1 cm³/mol. The topological polar surface area (TPSA) is 26.3 Å². The molecule has 0 aromatic heterocycles. The summed E-state index contributed by atoms with van der Waals surface area (Å²) in [4.78, 5) is 12.5. The highest BCUT2D eigenvalue weighted by atomic mass is 16.5. The number of fused-ring (bicyclic) bond motifs is 2. The van der Waals surface area contributed by atoms with E-state index in [0.717, 1.165) is 22.3 Å². The lowest BCUT2D eigenvalue weighted by Gasteiger charge is -2.09. The molecule has 0 N–H and O–H groups in total. The first kappa shape index (κ1) is 11.0. The summed E-state index contributed by atoms with van der Waals surface area (Å²) in [5, 5.41) is 0. The molecule has 1 heterocycles. The van der Waals surface area contributed by atoms with Crippen molar-refractivity contribution in [3.05, 3.63) is 64.2 Å². The molecule has 0 unspecified atom stereocenters. The number of hydrogen-bond acceptors (Lipinski definition) is 2.